The second-order valence-electron chi connectivity index (χ2n) is 23.5. The summed E-state index contributed by atoms with van der Waals surface area (Å²) in [5.41, 5.74) is 20.2. The van der Waals surface area contributed by atoms with E-state index in [1.807, 2.05) is 0 Å². The number of ether oxygens (including phenoxy) is 1. The molecule has 10 aromatic carbocycles. The van der Waals surface area contributed by atoms with E-state index in [9.17, 15) is 0 Å². The minimum Gasteiger partial charge on any atom is -0.483 e. The minimum absolute atomic E-state index is 0.0256. The van der Waals surface area contributed by atoms with Gasteiger partial charge in [0.05, 0.1) is 16.8 Å². The maximum absolute atomic E-state index is 6.91. The molecule has 0 N–H and O–H groups in total. The number of anilines is 5. The highest BCUT2D eigenvalue weighted by atomic mass is 16.5. The molecule has 11 aromatic rings. The van der Waals surface area contributed by atoms with E-state index in [2.05, 4.69) is 300 Å². The Balaban J connectivity index is 0.968. The lowest BCUT2D eigenvalue weighted by Crippen LogP contribution is -2.30. The van der Waals surface area contributed by atoms with Crippen LogP contribution in [0.25, 0.3) is 60.7 Å². The van der Waals surface area contributed by atoms with Crippen LogP contribution >= 0.6 is 0 Å². The third kappa shape index (κ3) is 7.64. The standard InChI is InChI=1S/C78H64N2O2/c1-48(2)52-33-40-58(41-34-52)79(70-25-15-23-65-63-21-11-13-27-72(63)81-76(65)70)50(5)29-30-54-31-32-57-37-44-60(80(59-42-35-53(36-43-59)49(3)4)71-26-16-24-66-64-22-12-14-28-73(64)82-77(66)71)47-69(57)78(51(54)6)67-45-38-55-17-7-9-19-61(55)74(67)75-62-20-10-8-18-56(62)39-46-68(75)78/h7-50,63,72H,1-6H3/b30-29-. The van der Waals surface area contributed by atoms with Crippen molar-refractivity contribution in [3.05, 3.63) is 293 Å². The SMILES string of the molecule is CC1=C(/C=C\C(C)N(c2ccc(C(C)C)cc2)c2cccc3c2OC2C=CC=CC32)C=Cc2ccc(N(c3ccc(C(C)C)cc3)c3cccc4c3oc3ccccc34)cc2C12c1ccc3ccccc3c1-c1c2ccc2ccccc12. The molecule has 3 atom stereocenters. The molecule has 0 bridgehead atoms. The molecule has 2 heterocycles. The number of hydrogen-bond donors (Lipinski definition) is 0. The molecule has 3 unspecified atom stereocenters. The predicted molar refractivity (Wildman–Crippen MR) is 344 cm³/mol. The highest BCUT2D eigenvalue weighted by molar-refractivity contribution is 6.13. The zero-order chi connectivity index (χ0) is 55.4. The number of allylic oxidation sites excluding steroid dienone is 6. The lowest BCUT2D eigenvalue weighted by atomic mass is 9.65. The van der Waals surface area contributed by atoms with Crippen molar-refractivity contribution < 1.29 is 9.15 Å². The van der Waals surface area contributed by atoms with Gasteiger partial charge in [0.15, 0.2) is 5.58 Å². The maximum atomic E-state index is 6.91. The van der Waals surface area contributed by atoms with Crippen LogP contribution in [0.5, 0.6) is 5.75 Å². The number of benzene rings is 10. The zero-order valence-electron chi connectivity index (χ0n) is 47.3. The Morgan fingerprint density at radius 3 is 1.80 bits per heavy atom. The number of furan rings is 1. The van der Waals surface area contributed by atoms with Gasteiger partial charge < -0.3 is 19.0 Å². The Hall–Kier alpha value is -9.38. The molecule has 4 heteroatoms. The van der Waals surface area contributed by atoms with Gasteiger partial charge in [0.25, 0.3) is 0 Å². The minimum atomic E-state index is -0.729. The largest absolute Gasteiger partial charge is 0.483 e. The first kappa shape index (κ1) is 49.6. The van der Waals surface area contributed by atoms with Crippen molar-refractivity contribution in [2.24, 2.45) is 0 Å². The van der Waals surface area contributed by atoms with Crippen molar-refractivity contribution in [2.75, 3.05) is 9.80 Å². The molecule has 0 fully saturated rings. The average Bonchev–Trinajstić information content (AvgIpc) is 1.98. The van der Waals surface area contributed by atoms with E-state index in [0.29, 0.717) is 11.8 Å². The van der Waals surface area contributed by atoms with Crippen molar-refractivity contribution in [3.63, 3.8) is 0 Å². The smallest absolute Gasteiger partial charge is 0.159 e. The zero-order valence-corrected chi connectivity index (χ0v) is 47.3. The van der Waals surface area contributed by atoms with Gasteiger partial charge >= 0.3 is 0 Å². The summed E-state index contributed by atoms with van der Waals surface area (Å²) in [6.45, 7) is 13.8. The molecule has 4 aliphatic rings. The molecule has 0 amide bonds. The molecule has 1 aliphatic heterocycles. The van der Waals surface area contributed by atoms with Gasteiger partial charge in [-0.2, -0.15) is 0 Å². The second-order valence-corrected chi connectivity index (χ2v) is 23.5. The van der Waals surface area contributed by atoms with E-state index in [-0.39, 0.29) is 18.1 Å². The van der Waals surface area contributed by atoms with Gasteiger partial charge in [0, 0.05) is 45.4 Å². The molecule has 0 radical (unpaired) electrons. The summed E-state index contributed by atoms with van der Waals surface area (Å²) in [5.74, 6) is 1.95. The van der Waals surface area contributed by atoms with Gasteiger partial charge in [-0.1, -0.05) is 216 Å². The summed E-state index contributed by atoms with van der Waals surface area (Å²) in [4.78, 5) is 4.89. The van der Waals surface area contributed by atoms with Gasteiger partial charge in [0.2, 0.25) is 0 Å². The monoisotopic (exact) mass is 1060 g/mol. The van der Waals surface area contributed by atoms with Gasteiger partial charge in [-0.15, -0.1) is 0 Å². The summed E-state index contributed by atoms with van der Waals surface area (Å²) in [6, 6.07) is 74.6. The molecule has 15 rings (SSSR count). The fourth-order valence-electron chi connectivity index (χ4n) is 14.1. The van der Waals surface area contributed by atoms with E-state index < -0.39 is 5.41 Å². The second kappa shape index (κ2) is 19.4. The molecular weight excluding hydrogens is 997 g/mol. The molecular formula is C78H64N2O2. The van der Waals surface area contributed by atoms with Crippen LogP contribution in [0.15, 0.2) is 258 Å². The Morgan fingerprint density at radius 1 is 0.512 bits per heavy atom. The quantitative estimate of drug-likeness (QED) is 0.136. The first-order valence-corrected chi connectivity index (χ1v) is 29.3. The predicted octanol–water partition coefficient (Wildman–Crippen LogP) is 21.0. The normalized spacial score (nSPS) is 16.8. The fourth-order valence-corrected chi connectivity index (χ4v) is 14.1. The Bertz CT molecular complexity index is 4460. The number of nitrogens with zero attached hydrogens (tertiary/aromatic N) is 2. The van der Waals surface area contributed by atoms with E-state index in [1.54, 1.807) is 0 Å². The van der Waals surface area contributed by atoms with Crippen LogP contribution in [0.1, 0.15) is 98.2 Å². The van der Waals surface area contributed by atoms with E-state index >= 15 is 0 Å². The van der Waals surface area contributed by atoms with Crippen LogP contribution in [0, 0.1) is 0 Å². The third-order valence-corrected chi connectivity index (χ3v) is 18.3. The molecule has 398 valence electrons. The van der Waals surface area contributed by atoms with Crippen molar-refractivity contribution in [2.45, 2.75) is 76.9 Å². The molecule has 4 nitrogen and oxygen atoms in total. The highest BCUT2D eigenvalue weighted by Gasteiger charge is 2.50. The molecule has 1 aromatic heterocycles. The first-order valence-electron chi connectivity index (χ1n) is 29.3. The van der Waals surface area contributed by atoms with Crippen LogP contribution in [-0.2, 0) is 5.41 Å². The topological polar surface area (TPSA) is 28.9 Å². The molecule has 1 spiro atoms. The van der Waals surface area contributed by atoms with E-state index in [0.717, 1.165) is 56.1 Å². The van der Waals surface area contributed by atoms with Crippen LogP contribution < -0.4 is 14.5 Å². The van der Waals surface area contributed by atoms with E-state index in [1.165, 1.54) is 82.8 Å². The number of hydrogen-bond acceptors (Lipinski definition) is 4. The third-order valence-electron chi connectivity index (χ3n) is 18.3. The van der Waals surface area contributed by atoms with Crippen LogP contribution in [0.4, 0.5) is 28.4 Å². The summed E-state index contributed by atoms with van der Waals surface area (Å²) < 4.78 is 13.8. The van der Waals surface area contributed by atoms with Crippen molar-refractivity contribution in [1.82, 2.24) is 0 Å². The van der Waals surface area contributed by atoms with Gasteiger partial charge in [0.1, 0.15) is 17.4 Å². The lowest BCUT2D eigenvalue weighted by Gasteiger charge is -2.37. The lowest BCUT2D eigenvalue weighted by molar-refractivity contribution is 0.269. The van der Waals surface area contributed by atoms with Crippen molar-refractivity contribution >= 4 is 78.0 Å². The highest BCUT2D eigenvalue weighted by Crippen LogP contribution is 2.62. The first-order chi connectivity index (χ1) is 40.1. The molecule has 82 heavy (non-hydrogen) atoms. The Kier molecular flexibility index (Phi) is 11.8. The van der Waals surface area contributed by atoms with Crippen molar-refractivity contribution in [3.8, 4) is 16.9 Å². The molecule has 3 aliphatic carbocycles. The average molecular weight is 1060 g/mol. The summed E-state index contributed by atoms with van der Waals surface area (Å²) in [5, 5.41) is 7.18. The van der Waals surface area contributed by atoms with Gasteiger partial charge in [-0.25, -0.2) is 0 Å². The number of rotatable bonds is 10. The van der Waals surface area contributed by atoms with Crippen molar-refractivity contribution in [1.29, 1.82) is 0 Å². The van der Waals surface area contributed by atoms with Gasteiger partial charge in [-0.3, -0.25) is 0 Å². The Morgan fingerprint density at radius 2 is 1.11 bits per heavy atom. The molecule has 0 saturated heterocycles. The van der Waals surface area contributed by atoms with Crippen LogP contribution in [0.3, 0.4) is 0 Å². The summed E-state index contributed by atoms with van der Waals surface area (Å²) in [7, 11) is 0. The van der Waals surface area contributed by atoms with Crippen LogP contribution in [0.2, 0.25) is 0 Å². The van der Waals surface area contributed by atoms with E-state index in [4.69, 9.17) is 9.15 Å². The fraction of sp³-hybridized carbons (Fsp3) is 0.154. The summed E-state index contributed by atoms with van der Waals surface area (Å²) in [6.07, 6.45) is 18.3. The number of fused-ring (bicyclic) bond motifs is 17. The maximum Gasteiger partial charge on any atom is 0.159 e. The van der Waals surface area contributed by atoms with Gasteiger partial charge in [-0.05, 0) is 164 Å². The summed E-state index contributed by atoms with van der Waals surface area (Å²) >= 11 is 0. The van der Waals surface area contributed by atoms with Crippen LogP contribution in [-0.4, -0.2) is 12.1 Å². The number of para-hydroxylation sites is 3. The Labute approximate surface area is 480 Å². The molecule has 0 saturated carbocycles.